The Morgan fingerprint density at radius 3 is 2.62 bits per heavy atom. The van der Waals surface area contributed by atoms with Crippen LogP contribution in [0.25, 0.3) is 0 Å². The highest BCUT2D eigenvalue weighted by Crippen LogP contribution is 2.28. The van der Waals surface area contributed by atoms with E-state index in [1.165, 1.54) is 12.1 Å². The first-order valence-corrected chi connectivity index (χ1v) is 7.07. The highest BCUT2D eigenvalue weighted by molar-refractivity contribution is 5.86. The molecule has 0 bridgehead atoms. The number of carboxylic acid groups (broad SMARTS) is 1. The third-order valence-corrected chi connectivity index (χ3v) is 3.42. The van der Waals surface area contributed by atoms with Crippen molar-refractivity contribution < 1.29 is 14.8 Å². The van der Waals surface area contributed by atoms with Crippen LogP contribution in [0.4, 0.5) is 11.5 Å². The van der Waals surface area contributed by atoms with E-state index in [0.29, 0.717) is 6.54 Å². The van der Waals surface area contributed by atoms with E-state index in [4.69, 9.17) is 5.11 Å². The summed E-state index contributed by atoms with van der Waals surface area (Å²) in [7, 11) is 0. The molecule has 1 aromatic rings. The topological polar surface area (TPSA) is 96.6 Å². The number of hydrogen-bond donors (Lipinski definition) is 1. The third kappa shape index (κ3) is 4.14. The minimum Gasteiger partial charge on any atom is -0.477 e. The molecule has 0 spiro atoms. The summed E-state index contributed by atoms with van der Waals surface area (Å²) in [4.78, 5) is 27.6. The average Bonchev–Trinajstić information content (AvgIpc) is 2.46. The van der Waals surface area contributed by atoms with Crippen LogP contribution in [-0.2, 0) is 0 Å². The van der Waals surface area contributed by atoms with E-state index in [1.54, 1.807) is 0 Å². The van der Waals surface area contributed by atoms with Gasteiger partial charge in [-0.3, -0.25) is 10.1 Å². The molecule has 0 fully saturated rings. The number of nitro groups is 1. The molecule has 7 heteroatoms. The molecule has 21 heavy (non-hydrogen) atoms. The molecular weight excluding hydrogens is 274 g/mol. The van der Waals surface area contributed by atoms with Gasteiger partial charge in [-0.15, -0.1) is 0 Å². The van der Waals surface area contributed by atoms with Crippen molar-refractivity contribution in [2.45, 2.75) is 46.1 Å². The van der Waals surface area contributed by atoms with Crippen LogP contribution in [0.1, 0.15) is 50.5 Å². The number of aromatic nitrogens is 1. The maximum absolute atomic E-state index is 11.2. The first kappa shape index (κ1) is 16.9. The summed E-state index contributed by atoms with van der Waals surface area (Å²) in [6, 6.07) is 2.43. The molecule has 0 aliphatic rings. The molecule has 116 valence electrons. The van der Waals surface area contributed by atoms with Crippen LogP contribution in [0.5, 0.6) is 0 Å². The number of carbonyl (C=O) groups is 1. The van der Waals surface area contributed by atoms with E-state index >= 15 is 0 Å². The first-order valence-electron chi connectivity index (χ1n) is 7.07. The molecule has 0 amide bonds. The van der Waals surface area contributed by atoms with Gasteiger partial charge in [0.1, 0.15) is 0 Å². The quantitative estimate of drug-likeness (QED) is 0.584. The summed E-state index contributed by atoms with van der Waals surface area (Å²) in [6.45, 7) is 6.58. The number of aromatic carboxylic acids is 1. The molecule has 1 rings (SSSR count). The zero-order valence-corrected chi connectivity index (χ0v) is 12.6. The fourth-order valence-electron chi connectivity index (χ4n) is 2.00. The van der Waals surface area contributed by atoms with Gasteiger partial charge in [0, 0.05) is 18.7 Å². The number of unbranched alkanes of at least 4 members (excludes halogenated alkanes) is 1. The van der Waals surface area contributed by atoms with Crippen LogP contribution in [0, 0.1) is 10.1 Å². The molecule has 7 nitrogen and oxygen atoms in total. The number of hydrogen-bond acceptors (Lipinski definition) is 5. The van der Waals surface area contributed by atoms with E-state index in [-0.39, 0.29) is 23.2 Å². The summed E-state index contributed by atoms with van der Waals surface area (Å²) >= 11 is 0. The number of nitrogens with zero attached hydrogens (tertiary/aromatic N) is 3. The van der Waals surface area contributed by atoms with E-state index < -0.39 is 10.9 Å². The van der Waals surface area contributed by atoms with Gasteiger partial charge in [0.2, 0.25) is 5.82 Å². The highest BCUT2D eigenvalue weighted by Gasteiger charge is 2.25. The normalized spacial score (nSPS) is 12.0. The van der Waals surface area contributed by atoms with Crippen molar-refractivity contribution in [2.24, 2.45) is 0 Å². The molecule has 0 aliphatic heterocycles. The van der Waals surface area contributed by atoms with E-state index in [1.807, 2.05) is 25.7 Å². The second-order valence-corrected chi connectivity index (χ2v) is 4.91. The summed E-state index contributed by atoms with van der Waals surface area (Å²) in [5, 5.41) is 20.2. The number of carboxylic acids is 1. The molecule has 1 atom stereocenters. The van der Waals surface area contributed by atoms with Crippen LogP contribution < -0.4 is 4.90 Å². The van der Waals surface area contributed by atoms with Crippen LogP contribution in [0.15, 0.2) is 12.1 Å². The number of anilines is 1. The molecule has 0 saturated carbocycles. The molecule has 1 unspecified atom stereocenters. The van der Waals surface area contributed by atoms with Crippen molar-refractivity contribution in [3.8, 4) is 0 Å². The van der Waals surface area contributed by atoms with Crippen molar-refractivity contribution in [3.05, 3.63) is 27.9 Å². The van der Waals surface area contributed by atoms with Crippen molar-refractivity contribution in [1.82, 2.24) is 4.98 Å². The Hall–Kier alpha value is -2.18. The molecule has 1 aromatic heterocycles. The van der Waals surface area contributed by atoms with Gasteiger partial charge in [0.05, 0.1) is 4.92 Å². The summed E-state index contributed by atoms with van der Waals surface area (Å²) < 4.78 is 0. The van der Waals surface area contributed by atoms with Gasteiger partial charge in [0.25, 0.3) is 0 Å². The Morgan fingerprint density at radius 2 is 2.14 bits per heavy atom. The smallest absolute Gasteiger partial charge is 0.354 e. The van der Waals surface area contributed by atoms with Gasteiger partial charge >= 0.3 is 11.7 Å². The molecule has 0 saturated heterocycles. The minimum absolute atomic E-state index is 0.0480. The lowest BCUT2D eigenvalue weighted by Gasteiger charge is -2.29. The lowest BCUT2D eigenvalue weighted by molar-refractivity contribution is -0.384. The zero-order chi connectivity index (χ0) is 16.0. The van der Waals surface area contributed by atoms with Gasteiger partial charge < -0.3 is 10.0 Å². The second-order valence-electron chi connectivity index (χ2n) is 4.91. The molecule has 1 N–H and O–H groups in total. The lowest BCUT2D eigenvalue weighted by Crippen LogP contribution is -2.35. The monoisotopic (exact) mass is 295 g/mol. The van der Waals surface area contributed by atoms with E-state index in [0.717, 1.165) is 19.3 Å². The van der Waals surface area contributed by atoms with Crippen LogP contribution in [-0.4, -0.2) is 33.6 Å². The molecule has 0 aromatic carbocycles. The Kier molecular flexibility index (Phi) is 6.08. The Morgan fingerprint density at radius 1 is 1.48 bits per heavy atom. The Bertz CT molecular complexity index is 519. The van der Waals surface area contributed by atoms with Gasteiger partial charge in [0.15, 0.2) is 5.69 Å². The molecule has 0 aliphatic carbocycles. The minimum atomic E-state index is -1.19. The van der Waals surface area contributed by atoms with Gasteiger partial charge in [-0.05, 0) is 25.8 Å². The van der Waals surface area contributed by atoms with Crippen LogP contribution >= 0.6 is 0 Å². The number of pyridine rings is 1. The second kappa shape index (κ2) is 7.56. The van der Waals surface area contributed by atoms with Gasteiger partial charge in [-0.25, -0.2) is 9.78 Å². The summed E-state index contributed by atoms with van der Waals surface area (Å²) in [6.07, 6.45) is 2.60. The predicted molar refractivity (Wildman–Crippen MR) is 79.9 cm³/mol. The standard InChI is InChI=1S/C14H21N3O4/c1-4-6-9-16(10(3)5-2)13-12(17(20)21)8-7-11(15-13)14(18)19/h7-8,10H,4-6,9H2,1-3H3,(H,18,19). The first-order chi connectivity index (χ1) is 9.92. The van der Waals surface area contributed by atoms with Crippen molar-refractivity contribution in [2.75, 3.05) is 11.4 Å². The SMILES string of the molecule is CCCCN(c1nc(C(=O)O)ccc1[N+](=O)[O-])C(C)CC. The lowest BCUT2D eigenvalue weighted by atomic mass is 10.1. The van der Waals surface area contributed by atoms with E-state index in [9.17, 15) is 14.9 Å². The average molecular weight is 295 g/mol. The van der Waals surface area contributed by atoms with Crippen molar-refractivity contribution in [1.29, 1.82) is 0 Å². The number of rotatable bonds is 8. The Balaban J connectivity index is 3.33. The van der Waals surface area contributed by atoms with Crippen molar-refractivity contribution >= 4 is 17.5 Å². The fraction of sp³-hybridized carbons (Fsp3) is 0.571. The fourth-order valence-corrected chi connectivity index (χ4v) is 2.00. The summed E-state index contributed by atoms with van der Waals surface area (Å²) in [5.74, 6) is -1.05. The maximum Gasteiger partial charge on any atom is 0.354 e. The van der Waals surface area contributed by atoms with Gasteiger partial charge in [-0.2, -0.15) is 0 Å². The Labute approximate surface area is 123 Å². The highest BCUT2D eigenvalue weighted by atomic mass is 16.6. The van der Waals surface area contributed by atoms with Crippen LogP contribution in [0.2, 0.25) is 0 Å². The summed E-state index contributed by atoms with van der Waals surface area (Å²) in [5.41, 5.74) is -0.336. The predicted octanol–water partition coefficient (Wildman–Crippen LogP) is 3.09. The molecule has 0 radical (unpaired) electrons. The molecular formula is C14H21N3O4. The molecule has 1 heterocycles. The van der Waals surface area contributed by atoms with E-state index in [2.05, 4.69) is 4.98 Å². The van der Waals surface area contributed by atoms with Gasteiger partial charge in [-0.1, -0.05) is 20.3 Å². The van der Waals surface area contributed by atoms with Crippen LogP contribution in [0.3, 0.4) is 0 Å². The van der Waals surface area contributed by atoms with Crippen molar-refractivity contribution in [3.63, 3.8) is 0 Å². The third-order valence-electron chi connectivity index (χ3n) is 3.42. The maximum atomic E-state index is 11.2. The largest absolute Gasteiger partial charge is 0.477 e. The zero-order valence-electron chi connectivity index (χ0n) is 12.6.